The van der Waals surface area contributed by atoms with Gasteiger partial charge in [-0.1, -0.05) is 44.7 Å². The zero-order valence-electron chi connectivity index (χ0n) is 10.7. The van der Waals surface area contributed by atoms with Crippen molar-refractivity contribution in [2.75, 3.05) is 6.61 Å². The summed E-state index contributed by atoms with van der Waals surface area (Å²) in [6, 6.07) is 8.52. The lowest BCUT2D eigenvalue weighted by atomic mass is 10.1. The molecule has 0 atom stereocenters. The van der Waals surface area contributed by atoms with Crippen LogP contribution in [0.2, 0.25) is 0 Å². The van der Waals surface area contributed by atoms with E-state index in [0.717, 1.165) is 12.4 Å². The molecule has 16 heavy (non-hydrogen) atoms. The first-order chi connectivity index (χ1) is 7.86. The highest BCUT2D eigenvalue weighted by Crippen LogP contribution is 2.14. The quantitative estimate of drug-likeness (QED) is 0.582. The second kappa shape index (κ2) is 8.20. The van der Waals surface area contributed by atoms with E-state index < -0.39 is 0 Å². The first kappa shape index (κ1) is 13.1. The van der Waals surface area contributed by atoms with E-state index in [4.69, 9.17) is 4.74 Å². The Bertz CT molecular complexity index is 263. The molecule has 1 aromatic carbocycles. The highest BCUT2D eigenvalue weighted by atomic mass is 16.5. The third-order valence-electron chi connectivity index (χ3n) is 2.80. The van der Waals surface area contributed by atoms with Crippen LogP contribution in [0.15, 0.2) is 24.3 Å². The van der Waals surface area contributed by atoms with Gasteiger partial charge in [-0.25, -0.2) is 0 Å². The predicted molar refractivity (Wildman–Crippen MR) is 70.1 cm³/mol. The van der Waals surface area contributed by atoms with E-state index in [0.29, 0.717) is 0 Å². The Kier molecular flexibility index (Phi) is 6.71. The van der Waals surface area contributed by atoms with Gasteiger partial charge in [-0.05, 0) is 37.5 Å². The van der Waals surface area contributed by atoms with Crippen molar-refractivity contribution in [1.29, 1.82) is 0 Å². The summed E-state index contributed by atoms with van der Waals surface area (Å²) in [5.41, 5.74) is 1.43. The van der Waals surface area contributed by atoms with E-state index in [-0.39, 0.29) is 0 Å². The second-order valence-electron chi connectivity index (χ2n) is 4.24. The Labute approximate surface area is 99.8 Å². The van der Waals surface area contributed by atoms with E-state index >= 15 is 0 Å². The molecule has 90 valence electrons. The lowest BCUT2D eigenvalue weighted by molar-refractivity contribution is 0.340. The van der Waals surface area contributed by atoms with E-state index in [1.165, 1.54) is 44.1 Å². The SMILES string of the molecule is CCCCCCCc1ccc(OCC)cc1. The number of hydrogen-bond acceptors (Lipinski definition) is 1. The summed E-state index contributed by atoms with van der Waals surface area (Å²) in [4.78, 5) is 0. The Morgan fingerprint density at radius 1 is 0.875 bits per heavy atom. The molecule has 0 aliphatic rings. The molecule has 1 heteroatoms. The van der Waals surface area contributed by atoms with Crippen molar-refractivity contribution in [1.82, 2.24) is 0 Å². The maximum absolute atomic E-state index is 5.42. The molecule has 0 aromatic heterocycles. The summed E-state index contributed by atoms with van der Waals surface area (Å²) < 4.78 is 5.42. The zero-order valence-corrected chi connectivity index (χ0v) is 10.7. The monoisotopic (exact) mass is 220 g/mol. The normalized spacial score (nSPS) is 10.4. The van der Waals surface area contributed by atoms with Crippen molar-refractivity contribution < 1.29 is 4.74 Å². The molecule has 0 spiro atoms. The lowest BCUT2D eigenvalue weighted by Gasteiger charge is -2.05. The van der Waals surface area contributed by atoms with Crippen LogP contribution in [0.5, 0.6) is 5.75 Å². The molecule has 0 aliphatic carbocycles. The van der Waals surface area contributed by atoms with Gasteiger partial charge in [-0.2, -0.15) is 0 Å². The molecule has 0 bridgehead atoms. The molecule has 0 radical (unpaired) electrons. The molecule has 0 saturated carbocycles. The fourth-order valence-electron chi connectivity index (χ4n) is 1.85. The molecule has 1 rings (SSSR count). The smallest absolute Gasteiger partial charge is 0.119 e. The van der Waals surface area contributed by atoms with Crippen LogP contribution in [0.25, 0.3) is 0 Å². The Morgan fingerprint density at radius 2 is 1.56 bits per heavy atom. The molecule has 1 aromatic rings. The standard InChI is InChI=1S/C15H24O/c1-3-5-6-7-8-9-14-10-12-15(13-11-14)16-4-2/h10-13H,3-9H2,1-2H3. The second-order valence-corrected chi connectivity index (χ2v) is 4.24. The minimum atomic E-state index is 0.746. The maximum atomic E-state index is 5.42. The van der Waals surface area contributed by atoms with Crippen molar-refractivity contribution in [3.63, 3.8) is 0 Å². The molecule has 0 heterocycles. The Hall–Kier alpha value is -0.980. The summed E-state index contributed by atoms with van der Waals surface area (Å²) in [7, 11) is 0. The first-order valence-corrected chi connectivity index (χ1v) is 6.58. The minimum Gasteiger partial charge on any atom is -0.494 e. The van der Waals surface area contributed by atoms with Crippen molar-refractivity contribution in [3.05, 3.63) is 29.8 Å². The van der Waals surface area contributed by atoms with Crippen molar-refractivity contribution >= 4 is 0 Å². The van der Waals surface area contributed by atoms with Crippen LogP contribution in [0.3, 0.4) is 0 Å². The zero-order chi connectivity index (χ0) is 11.6. The maximum Gasteiger partial charge on any atom is 0.119 e. The van der Waals surface area contributed by atoms with Crippen molar-refractivity contribution in [2.24, 2.45) is 0 Å². The van der Waals surface area contributed by atoms with E-state index in [1.807, 2.05) is 6.92 Å². The third kappa shape index (κ3) is 5.20. The number of benzene rings is 1. The van der Waals surface area contributed by atoms with Gasteiger partial charge in [0.1, 0.15) is 5.75 Å². The number of ether oxygens (including phenoxy) is 1. The summed E-state index contributed by atoms with van der Waals surface area (Å²) in [6.45, 7) is 5.02. The molecule has 0 unspecified atom stereocenters. The average Bonchev–Trinajstić information content (AvgIpc) is 2.31. The summed E-state index contributed by atoms with van der Waals surface area (Å²) in [5.74, 6) is 0.984. The summed E-state index contributed by atoms with van der Waals surface area (Å²) in [5, 5.41) is 0. The van der Waals surface area contributed by atoms with Gasteiger partial charge < -0.3 is 4.74 Å². The van der Waals surface area contributed by atoms with Gasteiger partial charge in [0.25, 0.3) is 0 Å². The molecular formula is C15H24O. The number of hydrogen-bond donors (Lipinski definition) is 0. The van der Waals surface area contributed by atoms with Gasteiger partial charge in [-0.15, -0.1) is 0 Å². The molecule has 0 N–H and O–H groups in total. The fraction of sp³-hybridized carbons (Fsp3) is 0.600. The van der Waals surface area contributed by atoms with Crippen LogP contribution in [0.1, 0.15) is 51.5 Å². The van der Waals surface area contributed by atoms with E-state index in [9.17, 15) is 0 Å². The summed E-state index contributed by atoms with van der Waals surface area (Å²) >= 11 is 0. The van der Waals surface area contributed by atoms with Crippen LogP contribution >= 0.6 is 0 Å². The van der Waals surface area contributed by atoms with Crippen LogP contribution < -0.4 is 4.74 Å². The van der Waals surface area contributed by atoms with Crippen molar-refractivity contribution in [3.8, 4) is 5.75 Å². The summed E-state index contributed by atoms with van der Waals surface area (Å²) in [6.07, 6.45) is 7.96. The number of aryl methyl sites for hydroxylation is 1. The minimum absolute atomic E-state index is 0.746. The van der Waals surface area contributed by atoms with Crippen LogP contribution in [0.4, 0.5) is 0 Å². The Morgan fingerprint density at radius 3 is 2.19 bits per heavy atom. The van der Waals surface area contributed by atoms with Crippen LogP contribution in [0, 0.1) is 0 Å². The Balaban J connectivity index is 2.21. The highest BCUT2D eigenvalue weighted by molar-refractivity contribution is 5.27. The van der Waals surface area contributed by atoms with Gasteiger partial charge in [0.05, 0.1) is 6.61 Å². The van der Waals surface area contributed by atoms with E-state index in [1.54, 1.807) is 0 Å². The molecule has 0 aliphatic heterocycles. The van der Waals surface area contributed by atoms with Gasteiger partial charge in [0, 0.05) is 0 Å². The van der Waals surface area contributed by atoms with Crippen LogP contribution in [-0.2, 0) is 6.42 Å². The van der Waals surface area contributed by atoms with Gasteiger partial charge in [0.15, 0.2) is 0 Å². The molecular weight excluding hydrogens is 196 g/mol. The highest BCUT2D eigenvalue weighted by Gasteiger charge is 1.95. The number of rotatable bonds is 8. The number of unbranched alkanes of at least 4 members (excludes halogenated alkanes) is 4. The van der Waals surface area contributed by atoms with Crippen molar-refractivity contribution in [2.45, 2.75) is 52.4 Å². The van der Waals surface area contributed by atoms with Gasteiger partial charge >= 0.3 is 0 Å². The van der Waals surface area contributed by atoms with Gasteiger partial charge in [-0.3, -0.25) is 0 Å². The predicted octanol–water partition coefficient (Wildman–Crippen LogP) is 4.60. The van der Waals surface area contributed by atoms with Gasteiger partial charge in [0.2, 0.25) is 0 Å². The molecule has 0 saturated heterocycles. The largest absolute Gasteiger partial charge is 0.494 e. The average molecular weight is 220 g/mol. The third-order valence-corrected chi connectivity index (χ3v) is 2.80. The van der Waals surface area contributed by atoms with Crippen LogP contribution in [-0.4, -0.2) is 6.61 Å². The topological polar surface area (TPSA) is 9.23 Å². The molecule has 0 fully saturated rings. The molecule has 0 amide bonds. The fourth-order valence-corrected chi connectivity index (χ4v) is 1.85. The lowest BCUT2D eigenvalue weighted by Crippen LogP contribution is -1.92. The molecule has 1 nitrogen and oxygen atoms in total. The van der Waals surface area contributed by atoms with E-state index in [2.05, 4.69) is 31.2 Å². The first-order valence-electron chi connectivity index (χ1n) is 6.58.